The van der Waals surface area contributed by atoms with Crippen molar-refractivity contribution in [1.82, 2.24) is 0 Å². The van der Waals surface area contributed by atoms with Crippen molar-refractivity contribution in [2.24, 2.45) is 5.73 Å². The summed E-state index contributed by atoms with van der Waals surface area (Å²) in [7, 11) is 1.50. The number of nitrogen functional groups attached to an aromatic ring is 1. The lowest BCUT2D eigenvalue weighted by Crippen LogP contribution is -2.23. The second-order valence-corrected chi connectivity index (χ2v) is 6.56. The van der Waals surface area contributed by atoms with E-state index >= 15 is 0 Å². The van der Waals surface area contributed by atoms with Crippen LogP contribution in [0.3, 0.4) is 0 Å². The van der Waals surface area contributed by atoms with E-state index in [1.165, 1.54) is 23.7 Å². The van der Waals surface area contributed by atoms with Gasteiger partial charge in [-0.15, -0.1) is 0 Å². The van der Waals surface area contributed by atoms with E-state index in [1.807, 2.05) is 26.0 Å². The Bertz CT molecular complexity index is 614. The largest absolute Gasteiger partial charge is 0.399 e. The van der Waals surface area contributed by atoms with Crippen LogP contribution < -0.4 is 11.5 Å². The first-order valence-electron chi connectivity index (χ1n) is 8.47. The van der Waals surface area contributed by atoms with Gasteiger partial charge in [-0.2, -0.15) is 0 Å². The van der Waals surface area contributed by atoms with Gasteiger partial charge in [-0.1, -0.05) is 71.0 Å². The number of hydrogen-bond acceptors (Lipinski definition) is 2. The molecular weight excluding hydrogens is 280 g/mol. The summed E-state index contributed by atoms with van der Waals surface area (Å²) >= 11 is 0. The number of anilines is 1. The summed E-state index contributed by atoms with van der Waals surface area (Å²) in [6.45, 7) is 11.0. The summed E-state index contributed by atoms with van der Waals surface area (Å²) in [6, 6.07) is 17.2. The molecule has 2 nitrogen and oxygen atoms in total. The highest BCUT2D eigenvalue weighted by Gasteiger charge is 2.45. The standard InChI is InChI=1S/C18H21N.C2H6.CH5N/c1-17(2)12-18(3,13-8-10-14(19)11-9-13)16-7-5-4-6-15(16)17;2*1-2/h4-11H,12,19H2,1-3H3;1-2H3;2H2,1H3. The lowest BCUT2D eigenvalue weighted by atomic mass is 9.75. The van der Waals surface area contributed by atoms with Crippen LogP contribution in [0.15, 0.2) is 48.5 Å². The van der Waals surface area contributed by atoms with Gasteiger partial charge in [-0.05, 0) is 47.7 Å². The van der Waals surface area contributed by atoms with Gasteiger partial charge in [0.05, 0.1) is 0 Å². The summed E-state index contributed by atoms with van der Waals surface area (Å²) in [6.07, 6.45) is 1.14. The van der Waals surface area contributed by atoms with Gasteiger partial charge < -0.3 is 11.5 Å². The van der Waals surface area contributed by atoms with Crippen LogP contribution in [0.1, 0.15) is 57.7 Å². The van der Waals surface area contributed by atoms with Crippen molar-refractivity contribution in [3.63, 3.8) is 0 Å². The minimum absolute atomic E-state index is 0.0911. The van der Waals surface area contributed by atoms with Crippen LogP contribution in [0.5, 0.6) is 0 Å². The predicted octanol–water partition coefficient (Wildman–Crippen LogP) is 4.86. The second kappa shape index (κ2) is 7.65. The van der Waals surface area contributed by atoms with Crippen LogP contribution in [-0.4, -0.2) is 7.05 Å². The maximum atomic E-state index is 5.82. The van der Waals surface area contributed by atoms with Gasteiger partial charge in [0.15, 0.2) is 0 Å². The van der Waals surface area contributed by atoms with Crippen LogP contribution in [0.25, 0.3) is 0 Å². The monoisotopic (exact) mass is 312 g/mol. The molecule has 0 saturated heterocycles. The van der Waals surface area contributed by atoms with Crippen LogP contribution in [-0.2, 0) is 10.8 Å². The van der Waals surface area contributed by atoms with Crippen molar-refractivity contribution < 1.29 is 0 Å². The Hall–Kier alpha value is -1.80. The van der Waals surface area contributed by atoms with E-state index in [4.69, 9.17) is 5.73 Å². The molecule has 0 radical (unpaired) electrons. The van der Waals surface area contributed by atoms with Gasteiger partial charge in [-0.25, -0.2) is 0 Å². The summed E-state index contributed by atoms with van der Waals surface area (Å²) < 4.78 is 0. The summed E-state index contributed by atoms with van der Waals surface area (Å²) in [4.78, 5) is 0. The van der Waals surface area contributed by atoms with Gasteiger partial charge in [0, 0.05) is 11.1 Å². The van der Waals surface area contributed by atoms with E-state index < -0.39 is 0 Å². The highest BCUT2D eigenvalue weighted by molar-refractivity contribution is 5.53. The Morgan fingerprint density at radius 1 is 0.783 bits per heavy atom. The van der Waals surface area contributed by atoms with Crippen LogP contribution in [0.4, 0.5) is 5.69 Å². The van der Waals surface area contributed by atoms with E-state index in [2.05, 4.69) is 62.9 Å². The second-order valence-electron chi connectivity index (χ2n) is 6.56. The van der Waals surface area contributed by atoms with Crippen LogP contribution in [0.2, 0.25) is 0 Å². The molecule has 1 unspecified atom stereocenters. The van der Waals surface area contributed by atoms with E-state index in [0.29, 0.717) is 0 Å². The van der Waals surface area contributed by atoms with E-state index in [0.717, 1.165) is 12.1 Å². The molecule has 1 aliphatic rings. The smallest absolute Gasteiger partial charge is 0.0314 e. The number of nitrogens with two attached hydrogens (primary N) is 2. The molecule has 0 saturated carbocycles. The molecule has 1 aliphatic carbocycles. The normalized spacial score (nSPS) is 20.5. The topological polar surface area (TPSA) is 52.0 Å². The summed E-state index contributed by atoms with van der Waals surface area (Å²) in [5, 5.41) is 0. The first-order valence-corrected chi connectivity index (χ1v) is 8.47. The molecule has 0 bridgehead atoms. The molecule has 0 amide bonds. The minimum Gasteiger partial charge on any atom is -0.399 e. The molecule has 0 fully saturated rings. The van der Waals surface area contributed by atoms with Gasteiger partial charge in [0.2, 0.25) is 0 Å². The SMILES string of the molecule is CC.CC1(C)CC(C)(c2ccc(N)cc2)c2ccccc21.CN. The number of benzene rings is 2. The number of rotatable bonds is 1. The van der Waals surface area contributed by atoms with Crippen molar-refractivity contribution in [3.05, 3.63) is 65.2 Å². The van der Waals surface area contributed by atoms with Crippen molar-refractivity contribution in [1.29, 1.82) is 0 Å². The van der Waals surface area contributed by atoms with Crippen molar-refractivity contribution in [3.8, 4) is 0 Å². The third-order valence-electron chi connectivity index (χ3n) is 4.59. The third kappa shape index (κ3) is 3.59. The van der Waals surface area contributed by atoms with Gasteiger partial charge in [0.1, 0.15) is 0 Å². The fourth-order valence-electron chi connectivity index (χ4n) is 3.74. The van der Waals surface area contributed by atoms with Gasteiger partial charge in [0.25, 0.3) is 0 Å². The fourth-order valence-corrected chi connectivity index (χ4v) is 3.74. The minimum atomic E-state index is 0.0911. The molecule has 2 aromatic rings. The first kappa shape index (κ1) is 19.2. The molecule has 1 atom stereocenters. The zero-order chi connectivity index (χ0) is 17.7. The van der Waals surface area contributed by atoms with Gasteiger partial charge >= 0.3 is 0 Å². The van der Waals surface area contributed by atoms with Gasteiger partial charge in [-0.3, -0.25) is 0 Å². The highest BCUT2D eigenvalue weighted by Crippen LogP contribution is 2.52. The lowest BCUT2D eigenvalue weighted by molar-refractivity contribution is 0.425. The third-order valence-corrected chi connectivity index (χ3v) is 4.59. The zero-order valence-corrected chi connectivity index (χ0v) is 15.5. The molecule has 0 spiro atoms. The molecule has 0 aliphatic heterocycles. The van der Waals surface area contributed by atoms with E-state index in [-0.39, 0.29) is 10.8 Å². The average Bonchev–Trinajstić information content (AvgIpc) is 2.80. The molecule has 126 valence electrons. The maximum absolute atomic E-state index is 5.82. The fraction of sp³-hybridized carbons (Fsp3) is 0.429. The quantitative estimate of drug-likeness (QED) is 0.739. The maximum Gasteiger partial charge on any atom is 0.0314 e. The molecule has 0 heterocycles. The Morgan fingerprint density at radius 3 is 1.78 bits per heavy atom. The molecule has 2 aromatic carbocycles. The Balaban J connectivity index is 0.000000615. The zero-order valence-electron chi connectivity index (χ0n) is 15.5. The predicted molar refractivity (Wildman–Crippen MR) is 103 cm³/mol. The number of fused-ring (bicyclic) bond motifs is 1. The van der Waals surface area contributed by atoms with E-state index in [1.54, 1.807) is 0 Å². The van der Waals surface area contributed by atoms with E-state index in [9.17, 15) is 0 Å². The molecule has 23 heavy (non-hydrogen) atoms. The Labute approximate surface area is 141 Å². The summed E-state index contributed by atoms with van der Waals surface area (Å²) in [5.74, 6) is 0. The van der Waals surface area contributed by atoms with Crippen molar-refractivity contribution >= 4 is 5.69 Å². The molecule has 0 aromatic heterocycles. The van der Waals surface area contributed by atoms with Crippen molar-refractivity contribution in [2.75, 3.05) is 12.8 Å². The first-order chi connectivity index (χ1) is 10.9. The van der Waals surface area contributed by atoms with Crippen molar-refractivity contribution in [2.45, 2.75) is 51.9 Å². The van der Waals surface area contributed by atoms with Crippen LogP contribution in [0, 0.1) is 0 Å². The highest BCUT2D eigenvalue weighted by atomic mass is 14.5. The Kier molecular flexibility index (Phi) is 6.40. The molecule has 3 rings (SSSR count). The lowest BCUT2D eigenvalue weighted by Gasteiger charge is -2.28. The number of hydrogen-bond donors (Lipinski definition) is 2. The molecule has 2 heteroatoms. The summed E-state index contributed by atoms with van der Waals surface area (Å²) in [5.41, 5.74) is 15.8. The molecule has 4 N–H and O–H groups in total. The van der Waals surface area contributed by atoms with Crippen LogP contribution >= 0.6 is 0 Å². The Morgan fingerprint density at radius 2 is 1.26 bits per heavy atom. The average molecular weight is 313 g/mol. The molecular formula is C21H32N2.